The number of piperidine rings is 1. The predicted molar refractivity (Wildman–Crippen MR) is 101 cm³/mol. The maximum absolute atomic E-state index is 12.5. The number of ether oxygens (including phenoxy) is 1. The number of nitriles is 1. The highest BCUT2D eigenvalue weighted by atomic mass is 32.2. The van der Waals surface area contributed by atoms with Crippen molar-refractivity contribution in [2.24, 2.45) is 5.84 Å². The van der Waals surface area contributed by atoms with E-state index in [-0.39, 0.29) is 30.4 Å². The smallest absolute Gasteiger partial charge is 0.239 e. The summed E-state index contributed by atoms with van der Waals surface area (Å²) in [5.41, 5.74) is 0. The van der Waals surface area contributed by atoms with Gasteiger partial charge in [-0.05, 0) is 12.8 Å². The third-order valence-electron chi connectivity index (χ3n) is 5.42. The van der Waals surface area contributed by atoms with Gasteiger partial charge >= 0.3 is 0 Å². The lowest BCUT2D eigenvalue weighted by Gasteiger charge is -2.37. The second-order valence-electron chi connectivity index (χ2n) is 7.18. The summed E-state index contributed by atoms with van der Waals surface area (Å²) in [6.07, 6.45) is 1.52. The molecule has 0 unspecified atom stereocenters. The van der Waals surface area contributed by atoms with Crippen LogP contribution in [-0.2, 0) is 14.3 Å². The molecule has 3 aliphatic rings. The summed E-state index contributed by atoms with van der Waals surface area (Å²) < 4.78 is 5.31. The Balaban J connectivity index is 1.41. The van der Waals surface area contributed by atoms with E-state index in [4.69, 9.17) is 15.8 Å². The van der Waals surface area contributed by atoms with Gasteiger partial charge < -0.3 is 14.5 Å². The minimum Gasteiger partial charge on any atom is -0.379 e. The Morgan fingerprint density at radius 3 is 2.56 bits per heavy atom. The van der Waals surface area contributed by atoms with Crippen molar-refractivity contribution in [3.63, 3.8) is 0 Å². The maximum atomic E-state index is 12.5. The molecule has 3 fully saturated rings. The van der Waals surface area contributed by atoms with E-state index < -0.39 is 0 Å². The van der Waals surface area contributed by atoms with Gasteiger partial charge in [0.15, 0.2) is 0 Å². The van der Waals surface area contributed by atoms with Crippen LogP contribution in [0.15, 0.2) is 0 Å². The number of hydrogen-bond acceptors (Lipinski definition) is 8. The number of carbonyl (C=O) groups excluding carboxylic acids is 2. The Bertz CT molecular complexity index is 572. The third-order valence-corrected chi connectivity index (χ3v) is 6.43. The number of nitrogens with zero attached hydrogens (tertiary/aromatic N) is 5. The summed E-state index contributed by atoms with van der Waals surface area (Å²) in [4.78, 5) is 30.5. The van der Waals surface area contributed by atoms with Gasteiger partial charge in [-0.15, -0.1) is 11.8 Å². The minimum atomic E-state index is -0.351. The standard InChI is InChI=1S/C17H28N6O3S/c18-9-15-12-27-13-22(15)17(25)11-23(19)14-1-3-21(4-2-14)16(24)10-20-5-7-26-8-6-20/h14-15H,1-8,10-13,19H2/t15-/m1/s1. The number of hydrazine groups is 1. The zero-order valence-corrected chi connectivity index (χ0v) is 16.4. The number of thioether (sulfide) groups is 1. The second-order valence-corrected chi connectivity index (χ2v) is 8.18. The Labute approximate surface area is 164 Å². The molecule has 9 nitrogen and oxygen atoms in total. The van der Waals surface area contributed by atoms with Crippen molar-refractivity contribution in [2.75, 3.05) is 64.1 Å². The van der Waals surface area contributed by atoms with Crippen LogP contribution in [0, 0.1) is 11.3 Å². The zero-order chi connectivity index (χ0) is 19.2. The van der Waals surface area contributed by atoms with Crippen molar-refractivity contribution in [1.29, 1.82) is 5.26 Å². The molecule has 0 spiro atoms. The highest BCUT2D eigenvalue weighted by Gasteiger charge is 2.32. The fourth-order valence-electron chi connectivity index (χ4n) is 3.67. The molecule has 0 aliphatic carbocycles. The topological polar surface area (TPSA) is 106 Å². The van der Waals surface area contributed by atoms with Gasteiger partial charge in [-0.1, -0.05) is 0 Å². The van der Waals surface area contributed by atoms with Crippen molar-refractivity contribution in [3.05, 3.63) is 0 Å². The Kier molecular flexibility index (Phi) is 7.32. The van der Waals surface area contributed by atoms with Crippen LogP contribution in [0.25, 0.3) is 0 Å². The van der Waals surface area contributed by atoms with Gasteiger partial charge in [-0.25, -0.2) is 5.01 Å². The van der Waals surface area contributed by atoms with Gasteiger partial charge in [0.2, 0.25) is 11.8 Å². The molecule has 0 aromatic heterocycles. The molecule has 0 bridgehead atoms. The maximum Gasteiger partial charge on any atom is 0.239 e. The summed E-state index contributed by atoms with van der Waals surface area (Å²) in [5, 5.41) is 10.7. The largest absolute Gasteiger partial charge is 0.379 e. The van der Waals surface area contributed by atoms with E-state index in [2.05, 4.69) is 11.0 Å². The molecular weight excluding hydrogens is 368 g/mol. The molecule has 150 valence electrons. The normalized spacial score (nSPS) is 25.0. The van der Waals surface area contributed by atoms with Crippen molar-refractivity contribution in [3.8, 4) is 6.07 Å². The molecule has 3 aliphatic heterocycles. The van der Waals surface area contributed by atoms with Crippen LogP contribution in [-0.4, -0.2) is 108 Å². The van der Waals surface area contributed by atoms with Gasteiger partial charge in [0, 0.05) is 38.0 Å². The number of hydrogen-bond donors (Lipinski definition) is 1. The predicted octanol–water partition coefficient (Wildman–Crippen LogP) is -1.09. The van der Waals surface area contributed by atoms with Crippen molar-refractivity contribution >= 4 is 23.6 Å². The molecule has 0 aromatic rings. The van der Waals surface area contributed by atoms with Crippen molar-refractivity contribution < 1.29 is 14.3 Å². The first kappa shape index (κ1) is 20.4. The number of amides is 2. The quantitative estimate of drug-likeness (QED) is 0.462. The molecule has 0 saturated carbocycles. The van der Waals surface area contributed by atoms with Crippen molar-refractivity contribution in [2.45, 2.75) is 24.9 Å². The zero-order valence-electron chi connectivity index (χ0n) is 15.6. The van der Waals surface area contributed by atoms with E-state index in [9.17, 15) is 9.59 Å². The Hall–Kier alpha value is -1.38. The van der Waals surface area contributed by atoms with Gasteiger partial charge in [-0.2, -0.15) is 5.26 Å². The molecule has 3 saturated heterocycles. The lowest BCUT2D eigenvalue weighted by atomic mass is 10.0. The van der Waals surface area contributed by atoms with E-state index in [0.29, 0.717) is 44.5 Å². The molecular formula is C17H28N6O3S. The van der Waals surface area contributed by atoms with Crippen LogP contribution in [0.4, 0.5) is 0 Å². The van der Waals surface area contributed by atoms with Gasteiger partial charge in [-0.3, -0.25) is 20.3 Å². The van der Waals surface area contributed by atoms with Crippen LogP contribution in [0.2, 0.25) is 0 Å². The fraction of sp³-hybridized carbons (Fsp3) is 0.824. The number of carbonyl (C=O) groups is 2. The van der Waals surface area contributed by atoms with Crippen LogP contribution in [0.1, 0.15) is 12.8 Å². The minimum absolute atomic E-state index is 0.0807. The first-order chi connectivity index (χ1) is 13.1. The molecule has 3 heterocycles. The summed E-state index contributed by atoms with van der Waals surface area (Å²) in [6, 6.07) is 1.90. The summed E-state index contributed by atoms with van der Waals surface area (Å²) in [6.45, 7) is 4.87. The first-order valence-corrected chi connectivity index (χ1v) is 10.6. The molecule has 0 aromatic carbocycles. The molecule has 2 N–H and O–H groups in total. The first-order valence-electron chi connectivity index (χ1n) is 9.44. The van der Waals surface area contributed by atoms with E-state index in [1.807, 2.05) is 4.90 Å². The average molecular weight is 397 g/mol. The number of nitrogens with two attached hydrogens (primary N) is 1. The molecule has 2 amide bonds. The van der Waals surface area contributed by atoms with E-state index >= 15 is 0 Å². The Morgan fingerprint density at radius 2 is 1.89 bits per heavy atom. The highest BCUT2D eigenvalue weighted by molar-refractivity contribution is 7.99. The lowest BCUT2D eigenvalue weighted by molar-refractivity contribution is -0.137. The molecule has 0 radical (unpaired) electrons. The summed E-state index contributed by atoms with van der Waals surface area (Å²) in [5.74, 6) is 7.42. The van der Waals surface area contributed by atoms with Crippen LogP contribution < -0.4 is 5.84 Å². The molecule has 3 rings (SSSR count). The summed E-state index contributed by atoms with van der Waals surface area (Å²) in [7, 11) is 0. The molecule has 10 heteroatoms. The Morgan fingerprint density at radius 1 is 1.19 bits per heavy atom. The van der Waals surface area contributed by atoms with Gasteiger partial charge in [0.1, 0.15) is 6.04 Å². The van der Waals surface area contributed by atoms with Crippen molar-refractivity contribution in [1.82, 2.24) is 19.7 Å². The van der Waals surface area contributed by atoms with Gasteiger partial charge in [0.25, 0.3) is 0 Å². The SMILES string of the molecule is N#C[C@@H]1CSCN1C(=O)CN(N)C1CCN(C(=O)CN2CCOCC2)CC1. The van der Waals surface area contributed by atoms with Crippen LogP contribution >= 0.6 is 11.8 Å². The monoisotopic (exact) mass is 396 g/mol. The summed E-state index contributed by atoms with van der Waals surface area (Å²) >= 11 is 1.59. The van der Waals surface area contributed by atoms with E-state index in [0.717, 1.165) is 25.9 Å². The average Bonchev–Trinajstić information content (AvgIpc) is 3.18. The fourth-order valence-corrected chi connectivity index (χ4v) is 4.77. The molecule has 27 heavy (non-hydrogen) atoms. The number of morpholine rings is 1. The lowest BCUT2D eigenvalue weighted by Crippen LogP contribution is -2.54. The van der Waals surface area contributed by atoms with E-state index in [1.54, 1.807) is 21.7 Å². The third kappa shape index (κ3) is 5.33. The van der Waals surface area contributed by atoms with Gasteiger partial charge in [0.05, 0.1) is 38.2 Å². The molecule has 1 atom stereocenters. The second kappa shape index (κ2) is 9.71. The number of likely N-dealkylation sites (tertiary alicyclic amines) is 1. The van der Waals surface area contributed by atoms with Crippen LogP contribution in [0.5, 0.6) is 0 Å². The highest BCUT2D eigenvalue weighted by Crippen LogP contribution is 2.21. The number of rotatable bonds is 5. The van der Waals surface area contributed by atoms with Crippen LogP contribution in [0.3, 0.4) is 0 Å². The van der Waals surface area contributed by atoms with E-state index in [1.165, 1.54) is 0 Å².